The first-order valence-electron chi connectivity index (χ1n) is 13.7. The van der Waals surface area contributed by atoms with Gasteiger partial charge in [-0.25, -0.2) is 23.5 Å². The molecule has 0 spiro atoms. The second-order valence-corrected chi connectivity index (χ2v) is 10.5. The molecule has 10 nitrogen and oxygen atoms in total. The van der Waals surface area contributed by atoms with Crippen molar-refractivity contribution in [1.82, 2.24) is 24.7 Å². The Morgan fingerprint density at radius 3 is 2.67 bits per heavy atom. The monoisotopic (exact) mass is 573 g/mol. The van der Waals surface area contributed by atoms with Crippen LogP contribution >= 0.6 is 0 Å². The first-order valence-corrected chi connectivity index (χ1v) is 13.7. The zero-order valence-electron chi connectivity index (χ0n) is 22.3. The van der Waals surface area contributed by atoms with E-state index in [1.54, 1.807) is 24.3 Å². The number of imidazole rings is 1. The van der Waals surface area contributed by atoms with Gasteiger partial charge in [-0.05, 0) is 61.2 Å². The van der Waals surface area contributed by atoms with E-state index in [0.29, 0.717) is 47.7 Å². The summed E-state index contributed by atoms with van der Waals surface area (Å²) in [4.78, 5) is 20.5. The Morgan fingerprint density at radius 2 is 1.90 bits per heavy atom. The molecule has 2 fully saturated rings. The molecule has 0 amide bonds. The number of benzene rings is 2. The number of ether oxygens (including phenoxy) is 2. The van der Waals surface area contributed by atoms with Crippen LogP contribution in [-0.2, 0) is 24.3 Å². The van der Waals surface area contributed by atoms with Gasteiger partial charge < -0.3 is 23.6 Å². The van der Waals surface area contributed by atoms with E-state index in [9.17, 15) is 9.90 Å². The van der Waals surface area contributed by atoms with Gasteiger partial charge in [-0.15, -0.1) is 10.2 Å². The highest BCUT2D eigenvalue weighted by Gasteiger charge is 2.29. The number of rotatable bonds is 10. The van der Waals surface area contributed by atoms with E-state index in [2.05, 4.69) is 20.2 Å². The molecule has 42 heavy (non-hydrogen) atoms. The molecule has 1 aliphatic heterocycles. The quantitative estimate of drug-likeness (QED) is 0.237. The van der Waals surface area contributed by atoms with Crippen molar-refractivity contribution >= 4 is 17.0 Å². The van der Waals surface area contributed by atoms with Crippen LogP contribution in [0.2, 0.25) is 0 Å². The molecule has 1 saturated carbocycles. The Kier molecular flexibility index (Phi) is 6.62. The number of halogens is 2. The van der Waals surface area contributed by atoms with Crippen molar-refractivity contribution in [3.63, 3.8) is 0 Å². The van der Waals surface area contributed by atoms with Gasteiger partial charge in [0.1, 0.15) is 17.5 Å². The predicted octanol–water partition coefficient (Wildman–Crippen LogP) is 5.29. The molecule has 3 aromatic heterocycles. The van der Waals surface area contributed by atoms with Crippen molar-refractivity contribution in [2.75, 3.05) is 6.61 Å². The lowest BCUT2D eigenvalue weighted by molar-refractivity contribution is -0.0589. The van der Waals surface area contributed by atoms with Crippen LogP contribution in [0, 0.1) is 11.6 Å². The summed E-state index contributed by atoms with van der Waals surface area (Å²) in [7, 11) is 0. The molecule has 0 bridgehead atoms. The highest BCUT2D eigenvalue weighted by atomic mass is 19.1. The number of fused-ring (bicyclic) bond motifs is 1. The van der Waals surface area contributed by atoms with Crippen LogP contribution < -0.4 is 4.74 Å². The fourth-order valence-corrected chi connectivity index (χ4v) is 4.97. The van der Waals surface area contributed by atoms with E-state index in [-0.39, 0.29) is 47.4 Å². The number of hydrogen-bond donors (Lipinski definition) is 1. The minimum absolute atomic E-state index is 0.00353. The van der Waals surface area contributed by atoms with Crippen LogP contribution in [0.4, 0.5) is 8.78 Å². The first kappa shape index (κ1) is 26.2. The zero-order chi connectivity index (χ0) is 28.8. The molecule has 1 atom stereocenters. The van der Waals surface area contributed by atoms with Crippen LogP contribution in [-0.4, -0.2) is 48.5 Å². The van der Waals surface area contributed by atoms with E-state index in [1.807, 2.05) is 4.57 Å². The van der Waals surface area contributed by atoms with Gasteiger partial charge in [-0.2, -0.15) is 0 Å². The summed E-state index contributed by atoms with van der Waals surface area (Å²) >= 11 is 0. The van der Waals surface area contributed by atoms with Gasteiger partial charge in [0, 0.05) is 30.6 Å². The van der Waals surface area contributed by atoms with Crippen molar-refractivity contribution in [3.8, 4) is 17.1 Å². The molecule has 2 aromatic carbocycles. The smallest absolute Gasteiger partial charge is 0.335 e. The number of hydrogen-bond acceptors (Lipinski definition) is 8. The maximum atomic E-state index is 15.4. The standard InChI is InChI=1S/C30H25F2N5O5/c31-21-13-20(23-2-1-3-27(34-23)41-15-28-35-36-29(42-28)16-4-5-16)22(32)10-18(21)12-26-33-24-7-6-17(30(38)39)11-25(24)37(26)14-19-8-9-40-19/h1-3,6-7,10-11,13,16,19H,4-5,8-9,12,14-15H2,(H,38,39)/t19-/m0/s1. The second-order valence-electron chi connectivity index (χ2n) is 10.5. The minimum Gasteiger partial charge on any atom is -0.478 e. The lowest BCUT2D eigenvalue weighted by Gasteiger charge is -2.27. The topological polar surface area (TPSA) is 125 Å². The van der Waals surface area contributed by atoms with E-state index >= 15 is 8.78 Å². The molecule has 4 heterocycles. The lowest BCUT2D eigenvalue weighted by atomic mass is 10.0. The van der Waals surface area contributed by atoms with Crippen molar-refractivity contribution in [3.05, 3.63) is 88.9 Å². The molecule has 2 aliphatic rings. The average molecular weight is 574 g/mol. The van der Waals surface area contributed by atoms with Gasteiger partial charge in [0.25, 0.3) is 5.89 Å². The minimum atomic E-state index is -1.06. The predicted molar refractivity (Wildman–Crippen MR) is 144 cm³/mol. The van der Waals surface area contributed by atoms with Gasteiger partial charge in [-0.1, -0.05) is 6.07 Å². The van der Waals surface area contributed by atoms with Crippen molar-refractivity contribution in [2.24, 2.45) is 0 Å². The third-order valence-electron chi connectivity index (χ3n) is 7.49. The third-order valence-corrected chi connectivity index (χ3v) is 7.49. The number of aromatic carboxylic acids is 1. The van der Waals surface area contributed by atoms with E-state index in [1.165, 1.54) is 12.1 Å². The Morgan fingerprint density at radius 1 is 1.05 bits per heavy atom. The summed E-state index contributed by atoms with van der Waals surface area (Å²) in [5, 5.41) is 17.5. The van der Waals surface area contributed by atoms with Crippen LogP contribution in [0.15, 0.2) is 52.9 Å². The van der Waals surface area contributed by atoms with E-state index < -0.39 is 17.6 Å². The average Bonchev–Trinajstić information content (AvgIpc) is 3.60. The maximum absolute atomic E-state index is 15.4. The summed E-state index contributed by atoms with van der Waals surface area (Å²) < 4.78 is 49.5. The van der Waals surface area contributed by atoms with Crippen LogP contribution in [0.3, 0.4) is 0 Å². The molecule has 0 unspecified atom stereocenters. The van der Waals surface area contributed by atoms with Gasteiger partial charge in [-0.3, -0.25) is 0 Å². The summed E-state index contributed by atoms with van der Waals surface area (Å²) in [6.07, 6.45) is 2.86. The van der Waals surface area contributed by atoms with Crippen molar-refractivity contribution in [1.29, 1.82) is 0 Å². The van der Waals surface area contributed by atoms with Crippen LogP contribution in [0.25, 0.3) is 22.3 Å². The lowest BCUT2D eigenvalue weighted by Crippen LogP contribution is -2.31. The molecule has 0 radical (unpaired) electrons. The van der Waals surface area contributed by atoms with Gasteiger partial charge >= 0.3 is 5.97 Å². The Bertz CT molecular complexity index is 1810. The van der Waals surface area contributed by atoms with Crippen molar-refractivity contribution < 1.29 is 32.6 Å². The molecule has 7 rings (SSSR count). The summed E-state index contributed by atoms with van der Waals surface area (Å²) in [6.45, 7) is 1.08. The van der Waals surface area contributed by atoms with Crippen molar-refractivity contribution in [2.45, 2.75) is 50.9 Å². The molecular formula is C30H25F2N5O5. The molecule has 214 valence electrons. The molecule has 1 aliphatic carbocycles. The number of carbonyl (C=O) groups is 1. The SMILES string of the molecule is O=C(O)c1ccc2nc(Cc3cc(F)c(-c4cccc(OCc5nnc(C6CC6)o5)n4)cc3F)n(C[C@@H]3CCO3)c2c1. The van der Waals surface area contributed by atoms with Crippen LogP contribution in [0.5, 0.6) is 5.88 Å². The van der Waals surface area contributed by atoms with Gasteiger partial charge in [0.2, 0.25) is 11.8 Å². The molecular weight excluding hydrogens is 548 g/mol. The largest absolute Gasteiger partial charge is 0.478 e. The molecule has 12 heteroatoms. The Hall–Kier alpha value is -4.71. The van der Waals surface area contributed by atoms with E-state index in [0.717, 1.165) is 31.4 Å². The van der Waals surface area contributed by atoms with Crippen LogP contribution in [0.1, 0.15) is 58.7 Å². The number of nitrogens with zero attached hydrogens (tertiary/aromatic N) is 5. The number of aromatic nitrogens is 5. The van der Waals surface area contributed by atoms with Gasteiger partial charge in [0.05, 0.1) is 34.9 Å². The Balaban J connectivity index is 1.14. The summed E-state index contributed by atoms with van der Waals surface area (Å²) in [6, 6.07) is 11.7. The van der Waals surface area contributed by atoms with E-state index in [4.69, 9.17) is 13.9 Å². The highest BCUT2D eigenvalue weighted by molar-refractivity contribution is 5.92. The second kappa shape index (κ2) is 10.6. The normalized spacial score (nSPS) is 16.5. The number of carboxylic acids is 1. The Labute approximate surface area is 237 Å². The fourth-order valence-electron chi connectivity index (χ4n) is 4.97. The fraction of sp³-hybridized carbons (Fsp3) is 0.300. The molecule has 1 N–H and O–H groups in total. The summed E-state index contributed by atoms with van der Waals surface area (Å²) in [5.41, 5.74) is 1.58. The van der Waals surface area contributed by atoms with Gasteiger partial charge in [0.15, 0.2) is 6.61 Å². The summed E-state index contributed by atoms with van der Waals surface area (Å²) in [5.74, 6) is -0.402. The molecule has 5 aromatic rings. The third kappa shape index (κ3) is 5.20. The zero-order valence-corrected chi connectivity index (χ0v) is 22.3. The number of carboxylic acid groups (broad SMARTS) is 1. The first-order chi connectivity index (χ1) is 20.4. The maximum Gasteiger partial charge on any atom is 0.335 e. The highest BCUT2D eigenvalue weighted by Crippen LogP contribution is 2.39. The number of pyridine rings is 1. The molecule has 1 saturated heterocycles.